The zero-order valence-electron chi connectivity index (χ0n) is 11.7. The molecule has 0 N–H and O–H groups in total. The average Bonchev–Trinajstić information content (AvgIpc) is 2.38. The number of rotatable bonds is 4. The van der Waals surface area contributed by atoms with Gasteiger partial charge in [0.05, 0.1) is 0 Å². The summed E-state index contributed by atoms with van der Waals surface area (Å²) in [5.41, 5.74) is 1.45. The summed E-state index contributed by atoms with van der Waals surface area (Å²) in [4.78, 5) is 0. The van der Waals surface area contributed by atoms with Crippen LogP contribution >= 0.6 is 0 Å². The van der Waals surface area contributed by atoms with E-state index in [1.165, 1.54) is 24.8 Å². The smallest absolute Gasteiger partial charge is 0 e. The molecule has 0 aromatic heterocycles. The van der Waals surface area contributed by atoms with Gasteiger partial charge in [0.1, 0.15) is 0 Å². The van der Waals surface area contributed by atoms with E-state index in [1.807, 2.05) is 0 Å². The second-order valence-electron chi connectivity index (χ2n) is 4.64. The van der Waals surface area contributed by atoms with Crippen molar-refractivity contribution in [3.05, 3.63) is 35.9 Å². The van der Waals surface area contributed by atoms with Gasteiger partial charge in [0, 0.05) is 1.43 Å². The van der Waals surface area contributed by atoms with E-state index in [0.717, 1.165) is 5.92 Å². The highest BCUT2D eigenvalue weighted by Gasteiger charge is 1.98. The zero-order chi connectivity index (χ0) is 12.4. The van der Waals surface area contributed by atoms with E-state index < -0.39 is 0 Å². The van der Waals surface area contributed by atoms with Gasteiger partial charge >= 0.3 is 0 Å². The Morgan fingerprint density at radius 1 is 0.875 bits per heavy atom. The quantitative estimate of drug-likeness (QED) is 0.597. The van der Waals surface area contributed by atoms with Crippen LogP contribution in [0.4, 0.5) is 0 Å². The van der Waals surface area contributed by atoms with Crippen molar-refractivity contribution < 1.29 is 1.43 Å². The summed E-state index contributed by atoms with van der Waals surface area (Å²) < 4.78 is 0. The Labute approximate surface area is 104 Å². The second kappa shape index (κ2) is 9.45. The minimum absolute atomic E-state index is 0. The first-order valence-electron chi connectivity index (χ1n) is 6.70. The molecule has 1 unspecified atom stereocenters. The SMILES string of the molecule is CCC(C)CC.CCC(C)c1ccccc1.[2HH]. The highest BCUT2D eigenvalue weighted by atomic mass is 14.0. The molecule has 0 bridgehead atoms. The summed E-state index contributed by atoms with van der Waals surface area (Å²) in [5.74, 6) is 1.64. The number of benzene rings is 1. The summed E-state index contributed by atoms with van der Waals surface area (Å²) >= 11 is 0. The van der Waals surface area contributed by atoms with Crippen LogP contribution in [0.1, 0.15) is 66.8 Å². The normalized spacial score (nSPS) is 11.9. The van der Waals surface area contributed by atoms with Crippen molar-refractivity contribution in [3.63, 3.8) is 0 Å². The predicted molar refractivity (Wildman–Crippen MR) is 77.0 cm³/mol. The average molecular weight is 223 g/mol. The van der Waals surface area contributed by atoms with E-state index in [2.05, 4.69) is 65.0 Å². The molecule has 0 amide bonds. The minimum atomic E-state index is 0. The fourth-order valence-corrected chi connectivity index (χ4v) is 1.31. The molecule has 0 heteroatoms. The minimum Gasteiger partial charge on any atom is -0.0651 e. The van der Waals surface area contributed by atoms with Crippen LogP contribution in [-0.2, 0) is 0 Å². The van der Waals surface area contributed by atoms with E-state index in [1.54, 1.807) is 0 Å². The molecule has 0 fully saturated rings. The molecule has 0 spiro atoms. The van der Waals surface area contributed by atoms with Gasteiger partial charge in [-0.1, -0.05) is 77.8 Å². The summed E-state index contributed by atoms with van der Waals surface area (Å²) in [5, 5.41) is 0. The third-order valence-electron chi connectivity index (χ3n) is 3.37. The largest absolute Gasteiger partial charge is 0.0651 e. The van der Waals surface area contributed by atoms with Crippen LogP contribution in [0.25, 0.3) is 0 Å². The van der Waals surface area contributed by atoms with Gasteiger partial charge in [-0.25, -0.2) is 0 Å². The first kappa shape index (κ1) is 15.2. The van der Waals surface area contributed by atoms with Gasteiger partial charge in [-0.05, 0) is 23.8 Å². The van der Waals surface area contributed by atoms with Crippen LogP contribution in [0, 0.1) is 5.92 Å². The number of hydrogen-bond donors (Lipinski definition) is 0. The van der Waals surface area contributed by atoms with Gasteiger partial charge in [0.15, 0.2) is 0 Å². The van der Waals surface area contributed by atoms with Crippen molar-refractivity contribution in [2.45, 2.75) is 59.8 Å². The molecule has 94 valence electrons. The van der Waals surface area contributed by atoms with Crippen molar-refractivity contribution >= 4 is 0 Å². The fraction of sp³-hybridized carbons (Fsp3) is 0.625. The summed E-state index contributed by atoms with van der Waals surface area (Å²) in [6.07, 6.45) is 3.89. The third-order valence-corrected chi connectivity index (χ3v) is 3.37. The maximum atomic E-state index is 2.28. The van der Waals surface area contributed by atoms with Gasteiger partial charge < -0.3 is 0 Å². The molecule has 0 aliphatic rings. The summed E-state index contributed by atoms with van der Waals surface area (Å²) in [6.45, 7) is 11.2. The molecule has 0 aliphatic heterocycles. The predicted octanol–water partition coefficient (Wildman–Crippen LogP) is 5.89. The molecule has 0 nitrogen and oxygen atoms in total. The maximum absolute atomic E-state index is 2.28. The summed E-state index contributed by atoms with van der Waals surface area (Å²) in [7, 11) is 0. The molecule has 1 aromatic rings. The molecular weight excluding hydrogens is 192 g/mol. The van der Waals surface area contributed by atoms with E-state index >= 15 is 0 Å². The Morgan fingerprint density at radius 2 is 1.38 bits per heavy atom. The van der Waals surface area contributed by atoms with Crippen molar-refractivity contribution in [2.24, 2.45) is 5.92 Å². The van der Waals surface area contributed by atoms with Gasteiger partial charge in [-0.3, -0.25) is 0 Å². The van der Waals surface area contributed by atoms with Crippen LogP contribution in [0.3, 0.4) is 0 Å². The molecule has 0 radical (unpaired) electrons. The standard InChI is InChI=1S/C10H14.C6H14.H2/c1-3-9(2)10-7-5-4-6-8-10;1-4-6(3)5-2;/h4-9H,3H2,1-2H3;6H,4-5H2,1-3H3;1H/i;;1+1. The Hall–Kier alpha value is -0.780. The Kier molecular flexibility index (Phi) is 8.99. The summed E-state index contributed by atoms with van der Waals surface area (Å²) in [6, 6.07) is 10.6. The highest BCUT2D eigenvalue weighted by molar-refractivity contribution is 5.18. The maximum Gasteiger partial charge on any atom is 0 e. The van der Waals surface area contributed by atoms with E-state index in [9.17, 15) is 0 Å². The van der Waals surface area contributed by atoms with Crippen LogP contribution in [0.2, 0.25) is 0 Å². The van der Waals surface area contributed by atoms with Crippen molar-refractivity contribution in [3.8, 4) is 0 Å². The molecule has 1 rings (SSSR count). The van der Waals surface area contributed by atoms with Gasteiger partial charge in [-0.15, -0.1) is 0 Å². The lowest BCUT2D eigenvalue weighted by Crippen LogP contribution is -1.88. The monoisotopic (exact) mass is 223 g/mol. The molecule has 0 saturated carbocycles. The molecule has 0 saturated heterocycles. The zero-order valence-corrected chi connectivity index (χ0v) is 11.7. The molecule has 16 heavy (non-hydrogen) atoms. The Bertz CT molecular complexity index is 239. The lowest BCUT2D eigenvalue weighted by molar-refractivity contribution is 0.544. The first-order valence-corrected chi connectivity index (χ1v) is 6.70. The number of hydrogen-bond acceptors (Lipinski definition) is 0. The van der Waals surface area contributed by atoms with Crippen molar-refractivity contribution in [1.82, 2.24) is 0 Å². The molecule has 1 atom stereocenters. The van der Waals surface area contributed by atoms with Gasteiger partial charge in [-0.2, -0.15) is 0 Å². The highest BCUT2D eigenvalue weighted by Crippen LogP contribution is 2.16. The molecular formula is C16H30. The van der Waals surface area contributed by atoms with Gasteiger partial charge in [0.25, 0.3) is 0 Å². The van der Waals surface area contributed by atoms with Gasteiger partial charge in [0.2, 0.25) is 0 Å². The lowest BCUT2D eigenvalue weighted by Gasteiger charge is -2.06. The first-order chi connectivity index (χ1) is 7.65. The van der Waals surface area contributed by atoms with E-state index in [4.69, 9.17) is 0 Å². The van der Waals surface area contributed by atoms with Crippen LogP contribution in [-0.4, -0.2) is 0 Å². The Morgan fingerprint density at radius 3 is 1.69 bits per heavy atom. The fourth-order valence-electron chi connectivity index (χ4n) is 1.31. The Balaban J connectivity index is 0. The molecule has 1 aromatic carbocycles. The van der Waals surface area contributed by atoms with Crippen LogP contribution < -0.4 is 0 Å². The second-order valence-corrected chi connectivity index (χ2v) is 4.64. The van der Waals surface area contributed by atoms with Crippen molar-refractivity contribution in [1.29, 1.82) is 0 Å². The van der Waals surface area contributed by atoms with Crippen molar-refractivity contribution in [2.75, 3.05) is 0 Å². The molecule has 0 heterocycles. The lowest BCUT2D eigenvalue weighted by atomic mass is 9.99. The third kappa shape index (κ3) is 6.66. The molecule has 0 aliphatic carbocycles. The van der Waals surface area contributed by atoms with E-state index in [0.29, 0.717) is 5.92 Å². The van der Waals surface area contributed by atoms with Crippen LogP contribution in [0.5, 0.6) is 0 Å². The van der Waals surface area contributed by atoms with E-state index in [-0.39, 0.29) is 1.43 Å². The van der Waals surface area contributed by atoms with Crippen LogP contribution in [0.15, 0.2) is 30.3 Å². The topological polar surface area (TPSA) is 0 Å².